The minimum Gasteiger partial charge on any atom is -0.335 e. The number of para-hydroxylation sites is 1. The maximum absolute atomic E-state index is 12.7. The van der Waals surface area contributed by atoms with Gasteiger partial charge < -0.3 is 14.8 Å². The number of piperidine rings is 1. The second kappa shape index (κ2) is 8.19. The van der Waals surface area contributed by atoms with Crippen molar-refractivity contribution in [1.29, 1.82) is 0 Å². The first-order valence-electron chi connectivity index (χ1n) is 9.31. The van der Waals surface area contributed by atoms with E-state index in [1.54, 1.807) is 0 Å². The van der Waals surface area contributed by atoms with E-state index in [1.807, 2.05) is 42.3 Å². The van der Waals surface area contributed by atoms with Gasteiger partial charge in [0, 0.05) is 43.6 Å². The van der Waals surface area contributed by atoms with Crippen LogP contribution in [0, 0.1) is 6.92 Å². The summed E-state index contributed by atoms with van der Waals surface area (Å²) in [6.07, 6.45) is 8.40. The summed E-state index contributed by atoms with van der Waals surface area (Å²) in [5.41, 5.74) is 1.97. The maximum atomic E-state index is 12.7. The van der Waals surface area contributed by atoms with Crippen molar-refractivity contribution in [2.24, 2.45) is 0 Å². The largest absolute Gasteiger partial charge is 0.335 e. The molecule has 0 saturated carbocycles. The molecule has 0 spiro atoms. The lowest BCUT2D eigenvalue weighted by Crippen LogP contribution is -2.42. The summed E-state index contributed by atoms with van der Waals surface area (Å²) in [5, 5.41) is 3.05. The number of benzene rings is 1. The number of hydrogen-bond donors (Lipinski definition) is 1. The quantitative estimate of drug-likeness (QED) is 0.877. The Morgan fingerprint density at radius 3 is 3.00 bits per heavy atom. The standard InChI is InChI=1S/C20H28N4O/c1-3-4-12-23-14-11-21-19(23)17-9-7-13-24(15-17)20(25)22-18-10-6-5-8-16(18)2/h5-6,8,10-11,14,17H,3-4,7,9,12-13,15H2,1-2H3,(H,22,25)/t17-/m0/s1. The van der Waals surface area contributed by atoms with Gasteiger partial charge in [0.25, 0.3) is 0 Å². The molecule has 0 radical (unpaired) electrons. The molecule has 5 heteroatoms. The van der Waals surface area contributed by atoms with Crippen LogP contribution in [0.2, 0.25) is 0 Å². The van der Waals surface area contributed by atoms with E-state index in [4.69, 9.17) is 0 Å². The number of nitrogens with zero attached hydrogens (tertiary/aromatic N) is 3. The number of likely N-dealkylation sites (tertiary alicyclic amines) is 1. The van der Waals surface area contributed by atoms with Crippen molar-refractivity contribution in [2.75, 3.05) is 18.4 Å². The smallest absolute Gasteiger partial charge is 0.321 e. The molecule has 0 bridgehead atoms. The third kappa shape index (κ3) is 4.21. The molecule has 0 aliphatic carbocycles. The van der Waals surface area contributed by atoms with Crippen molar-refractivity contribution in [2.45, 2.75) is 52.0 Å². The van der Waals surface area contributed by atoms with Gasteiger partial charge in [-0.1, -0.05) is 31.5 Å². The van der Waals surface area contributed by atoms with Crippen molar-refractivity contribution in [1.82, 2.24) is 14.5 Å². The molecular formula is C20H28N4O. The zero-order chi connectivity index (χ0) is 17.6. The van der Waals surface area contributed by atoms with Gasteiger partial charge in [-0.3, -0.25) is 0 Å². The Morgan fingerprint density at radius 2 is 2.20 bits per heavy atom. The predicted molar refractivity (Wildman–Crippen MR) is 101 cm³/mol. The van der Waals surface area contributed by atoms with Crippen LogP contribution in [0.1, 0.15) is 49.9 Å². The van der Waals surface area contributed by atoms with Crippen LogP contribution in [0.25, 0.3) is 0 Å². The van der Waals surface area contributed by atoms with Gasteiger partial charge in [0.05, 0.1) is 0 Å². The molecule has 3 rings (SSSR count). The molecule has 1 N–H and O–H groups in total. The molecule has 0 unspecified atom stereocenters. The van der Waals surface area contributed by atoms with E-state index < -0.39 is 0 Å². The highest BCUT2D eigenvalue weighted by Crippen LogP contribution is 2.27. The van der Waals surface area contributed by atoms with Crippen molar-refractivity contribution in [3.05, 3.63) is 48.0 Å². The number of nitrogens with one attached hydrogen (secondary N) is 1. The fourth-order valence-electron chi connectivity index (χ4n) is 3.48. The number of anilines is 1. The van der Waals surface area contributed by atoms with Crippen LogP contribution in [-0.2, 0) is 6.54 Å². The molecule has 134 valence electrons. The van der Waals surface area contributed by atoms with Crippen LogP contribution in [0.3, 0.4) is 0 Å². The molecule has 1 aliphatic heterocycles. The number of urea groups is 1. The van der Waals surface area contributed by atoms with Crippen molar-refractivity contribution in [3.63, 3.8) is 0 Å². The minimum absolute atomic E-state index is 0.00864. The second-order valence-corrected chi connectivity index (χ2v) is 6.86. The van der Waals surface area contributed by atoms with Crippen molar-refractivity contribution >= 4 is 11.7 Å². The number of imidazole rings is 1. The van der Waals surface area contributed by atoms with Crippen molar-refractivity contribution in [3.8, 4) is 0 Å². The van der Waals surface area contributed by atoms with E-state index in [2.05, 4.69) is 28.0 Å². The summed E-state index contributed by atoms with van der Waals surface area (Å²) in [4.78, 5) is 19.2. The SMILES string of the molecule is CCCCn1ccnc1[C@H]1CCCN(C(=O)Nc2ccccc2C)C1. The zero-order valence-corrected chi connectivity index (χ0v) is 15.2. The molecular weight excluding hydrogens is 312 g/mol. The summed E-state index contributed by atoms with van der Waals surface area (Å²) in [7, 11) is 0. The first kappa shape index (κ1) is 17.5. The van der Waals surface area contributed by atoms with E-state index in [0.29, 0.717) is 5.92 Å². The fourth-order valence-corrected chi connectivity index (χ4v) is 3.48. The average molecular weight is 340 g/mol. The van der Waals surface area contributed by atoms with Crippen LogP contribution in [0.15, 0.2) is 36.7 Å². The van der Waals surface area contributed by atoms with Crippen molar-refractivity contribution < 1.29 is 4.79 Å². The first-order valence-corrected chi connectivity index (χ1v) is 9.31. The average Bonchev–Trinajstić information content (AvgIpc) is 3.10. The number of carbonyl (C=O) groups is 1. The molecule has 1 fully saturated rings. The highest BCUT2D eigenvalue weighted by atomic mass is 16.2. The number of aromatic nitrogens is 2. The van der Waals surface area contributed by atoms with Gasteiger partial charge in [-0.15, -0.1) is 0 Å². The molecule has 2 heterocycles. The zero-order valence-electron chi connectivity index (χ0n) is 15.2. The highest BCUT2D eigenvalue weighted by molar-refractivity contribution is 5.90. The van der Waals surface area contributed by atoms with E-state index in [-0.39, 0.29) is 6.03 Å². The molecule has 25 heavy (non-hydrogen) atoms. The highest BCUT2D eigenvalue weighted by Gasteiger charge is 2.27. The molecule has 1 aliphatic rings. The summed E-state index contributed by atoms with van der Waals surface area (Å²) in [6.45, 7) is 6.77. The molecule has 1 aromatic heterocycles. The molecule has 1 saturated heterocycles. The predicted octanol–water partition coefficient (Wildman–Crippen LogP) is 4.40. The Kier molecular flexibility index (Phi) is 5.74. The number of aryl methyl sites for hydroxylation is 2. The van der Waals surface area contributed by atoms with Gasteiger partial charge in [0.1, 0.15) is 5.82 Å². The third-order valence-corrected chi connectivity index (χ3v) is 4.96. The molecule has 2 aromatic rings. The van der Waals surface area contributed by atoms with Gasteiger partial charge in [-0.25, -0.2) is 9.78 Å². The molecule has 2 amide bonds. The Hall–Kier alpha value is -2.30. The second-order valence-electron chi connectivity index (χ2n) is 6.86. The number of carbonyl (C=O) groups excluding carboxylic acids is 1. The number of amides is 2. The van der Waals surface area contributed by atoms with E-state index in [1.165, 1.54) is 6.42 Å². The minimum atomic E-state index is -0.00864. The Labute approximate surface area is 150 Å². The van der Waals surface area contributed by atoms with Crippen LogP contribution >= 0.6 is 0 Å². The monoisotopic (exact) mass is 340 g/mol. The van der Waals surface area contributed by atoms with E-state index in [0.717, 1.165) is 56.0 Å². The van der Waals surface area contributed by atoms with E-state index >= 15 is 0 Å². The summed E-state index contributed by atoms with van der Waals surface area (Å²) >= 11 is 0. The van der Waals surface area contributed by atoms with Gasteiger partial charge >= 0.3 is 6.03 Å². The Bertz CT molecular complexity index is 709. The normalized spacial score (nSPS) is 17.5. The summed E-state index contributed by atoms with van der Waals surface area (Å²) in [6, 6.07) is 7.89. The number of rotatable bonds is 5. The van der Waals surface area contributed by atoms with Gasteiger partial charge in [-0.2, -0.15) is 0 Å². The lowest BCUT2D eigenvalue weighted by atomic mass is 9.97. The topological polar surface area (TPSA) is 50.2 Å². The van der Waals surface area contributed by atoms with Gasteiger partial charge in [-0.05, 0) is 37.8 Å². The van der Waals surface area contributed by atoms with Crippen LogP contribution in [0.5, 0.6) is 0 Å². The lowest BCUT2D eigenvalue weighted by molar-refractivity contribution is 0.190. The molecule has 1 aromatic carbocycles. The van der Waals surface area contributed by atoms with E-state index in [9.17, 15) is 4.79 Å². The maximum Gasteiger partial charge on any atom is 0.321 e. The van der Waals surface area contributed by atoms with Crippen LogP contribution < -0.4 is 5.32 Å². The lowest BCUT2D eigenvalue weighted by Gasteiger charge is -2.33. The van der Waals surface area contributed by atoms with Gasteiger partial charge in [0.2, 0.25) is 0 Å². The first-order chi connectivity index (χ1) is 12.2. The molecule has 1 atom stereocenters. The summed E-state index contributed by atoms with van der Waals surface area (Å²) in [5.74, 6) is 1.45. The Balaban J connectivity index is 1.66. The number of hydrogen-bond acceptors (Lipinski definition) is 2. The summed E-state index contributed by atoms with van der Waals surface area (Å²) < 4.78 is 2.26. The fraction of sp³-hybridized carbons (Fsp3) is 0.500. The Morgan fingerprint density at radius 1 is 1.36 bits per heavy atom. The van der Waals surface area contributed by atoms with Crippen LogP contribution in [-0.4, -0.2) is 33.6 Å². The van der Waals surface area contributed by atoms with Crippen LogP contribution in [0.4, 0.5) is 10.5 Å². The molecule has 5 nitrogen and oxygen atoms in total. The third-order valence-electron chi connectivity index (χ3n) is 4.96. The number of unbranched alkanes of at least 4 members (excludes halogenated alkanes) is 1. The van der Waals surface area contributed by atoms with Gasteiger partial charge in [0.15, 0.2) is 0 Å².